The molecular weight excluding hydrogens is 370 g/mol. The second-order valence-corrected chi connectivity index (χ2v) is 8.61. The van der Waals surface area contributed by atoms with Gasteiger partial charge >= 0.3 is 0 Å². The Labute approximate surface area is 156 Å². The maximum absolute atomic E-state index is 12.9. The van der Waals surface area contributed by atoms with Crippen LogP contribution >= 0.6 is 0 Å². The van der Waals surface area contributed by atoms with Crippen molar-refractivity contribution in [3.05, 3.63) is 52.2 Å². The Morgan fingerprint density at radius 1 is 1.00 bits per heavy atom. The maximum atomic E-state index is 12.9. The standard InChI is InChI=1S/C17H19N5O4S/c23-22(24)15-3-1-2-4-16(15)27(25,26)21-11-9-20(10-12-21)17-8-7-14(18-19-17)13-5-6-13/h1-4,7-8,13H,5-6,9-12H2. The summed E-state index contributed by atoms with van der Waals surface area (Å²) in [5, 5.41) is 19.7. The average molecular weight is 389 g/mol. The van der Waals surface area contributed by atoms with Gasteiger partial charge in [-0.15, -0.1) is 5.10 Å². The highest BCUT2D eigenvalue weighted by Gasteiger charge is 2.34. The Balaban J connectivity index is 1.47. The predicted octanol–water partition coefficient (Wildman–Crippen LogP) is 1.77. The molecule has 2 aliphatic rings. The van der Waals surface area contributed by atoms with Crippen LogP contribution in [0.5, 0.6) is 0 Å². The van der Waals surface area contributed by atoms with E-state index in [2.05, 4.69) is 10.2 Å². The molecule has 1 aliphatic heterocycles. The zero-order valence-corrected chi connectivity index (χ0v) is 15.4. The number of para-hydroxylation sites is 1. The number of rotatable bonds is 5. The van der Waals surface area contributed by atoms with Crippen molar-refractivity contribution in [3.8, 4) is 0 Å². The van der Waals surface area contributed by atoms with Gasteiger partial charge in [-0.3, -0.25) is 10.1 Å². The van der Waals surface area contributed by atoms with Crippen molar-refractivity contribution in [2.45, 2.75) is 23.7 Å². The van der Waals surface area contributed by atoms with Crippen molar-refractivity contribution in [1.29, 1.82) is 0 Å². The van der Waals surface area contributed by atoms with Gasteiger partial charge in [-0.05, 0) is 31.0 Å². The van der Waals surface area contributed by atoms with Gasteiger partial charge in [0.2, 0.25) is 10.0 Å². The van der Waals surface area contributed by atoms with Crippen molar-refractivity contribution < 1.29 is 13.3 Å². The molecule has 0 N–H and O–H groups in total. The second-order valence-electron chi connectivity index (χ2n) is 6.71. The van der Waals surface area contributed by atoms with Crippen molar-refractivity contribution in [2.24, 2.45) is 0 Å². The van der Waals surface area contributed by atoms with E-state index in [0.717, 1.165) is 24.4 Å². The van der Waals surface area contributed by atoms with Crippen LogP contribution < -0.4 is 4.90 Å². The van der Waals surface area contributed by atoms with Gasteiger partial charge in [0.1, 0.15) is 0 Å². The third-order valence-corrected chi connectivity index (χ3v) is 6.86. The van der Waals surface area contributed by atoms with Crippen LogP contribution in [0.3, 0.4) is 0 Å². The van der Waals surface area contributed by atoms with E-state index in [0.29, 0.717) is 19.0 Å². The molecule has 0 atom stereocenters. The predicted molar refractivity (Wildman–Crippen MR) is 98.1 cm³/mol. The minimum atomic E-state index is -3.92. The summed E-state index contributed by atoms with van der Waals surface area (Å²) in [7, 11) is -3.92. The molecule has 1 saturated carbocycles. The van der Waals surface area contributed by atoms with Crippen LogP contribution in [0.4, 0.5) is 11.5 Å². The molecule has 1 aromatic carbocycles. The molecule has 2 aromatic rings. The molecular formula is C17H19N5O4S. The molecule has 10 heteroatoms. The van der Waals surface area contributed by atoms with Crippen LogP contribution in [-0.2, 0) is 10.0 Å². The van der Waals surface area contributed by atoms with Crippen LogP contribution in [0.25, 0.3) is 0 Å². The third kappa shape index (κ3) is 3.50. The highest BCUT2D eigenvalue weighted by atomic mass is 32.2. The van der Waals surface area contributed by atoms with Gasteiger partial charge in [0.25, 0.3) is 5.69 Å². The molecule has 1 saturated heterocycles. The highest BCUT2D eigenvalue weighted by Crippen LogP contribution is 2.38. The zero-order valence-electron chi connectivity index (χ0n) is 14.6. The van der Waals surface area contributed by atoms with Crippen molar-refractivity contribution >= 4 is 21.5 Å². The van der Waals surface area contributed by atoms with Crippen LogP contribution in [0.15, 0.2) is 41.3 Å². The lowest BCUT2D eigenvalue weighted by Gasteiger charge is -2.34. The number of piperazine rings is 1. The number of benzene rings is 1. The number of nitrogens with zero attached hydrogens (tertiary/aromatic N) is 5. The molecule has 0 amide bonds. The lowest BCUT2D eigenvalue weighted by Crippen LogP contribution is -2.49. The Bertz CT molecular complexity index is 952. The molecule has 27 heavy (non-hydrogen) atoms. The van der Waals surface area contributed by atoms with Crippen LogP contribution in [0, 0.1) is 10.1 Å². The molecule has 2 heterocycles. The zero-order chi connectivity index (χ0) is 19.0. The first kappa shape index (κ1) is 17.8. The summed E-state index contributed by atoms with van der Waals surface area (Å²) in [4.78, 5) is 12.2. The van der Waals surface area contributed by atoms with E-state index in [1.807, 2.05) is 17.0 Å². The first-order chi connectivity index (χ1) is 13.0. The van der Waals surface area contributed by atoms with E-state index < -0.39 is 20.6 Å². The van der Waals surface area contributed by atoms with Gasteiger partial charge < -0.3 is 4.90 Å². The normalized spacial score (nSPS) is 18.4. The van der Waals surface area contributed by atoms with Gasteiger partial charge in [-0.2, -0.15) is 9.40 Å². The summed E-state index contributed by atoms with van der Waals surface area (Å²) in [6.07, 6.45) is 2.33. The summed E-state index contributed by atoms with van der Waals surface area (Å²) >= 11 is 0. The van der Waals surface area contributed by atoms with Crippen molar-refractivity contribution in [3.63, 3.8) is 0 Å². The van der Waals surface area contributed by atoms with E-state index in [4.69, 9.17) is 0 Å². The molecule has 4 rings (SSSR count). The Kier molecular flexibility index (Phi) is 4.52. The third-order valence-electron chi connectivity index (χ3n) is 4.91. The largest absolute Gasteiger partial charge is 0.352 e. The van der Waals surface area contributed by atoms with Crippen LogP contribution in [0.2, 0.25) is 0 Å². The number of anilines is 1. The average Bonchev–Trinajstić information content (AvgIpc) is 3.53. The molecule has 0 bridgehead atoms. The first-order valence-electron chi connectivity index (χ1n) is 8.79. The molecule has 1 aromatic heterocycles. The van der Waals surface area contributed by atoms with Gasteiger partial charge in [0, 0.05) is 38.2 Å². The molecule has 2 fully saturated rings. The highest BCUT2D eigenvalue weighted by molar-refractivity contribution is 7.89. The van der Waals surface area contributed by atoms with E-state index >= 15 is 0 Å². The smallest absolute Gasteiger partial charge is 0.289 e. The number of nitro benzene ring substituents is 1. The second kappa shape index (κ2) is 6.86. The number of nitro groups is 1. The minimum absolute atomic E-state index is 0.237. The first-order valence-corrected chi connectivity index (χ1v) is 10.2. The Morgan fingerprint density at radius 3 is 2.30 bits per heavy atom. The minimum Gasteiger partial charge on any atom is -0.352 e. The SMILES string of the molecule is O=[N+]([O-])c1ccccc1S(=O)(=O)N1CCN(c2ccc(C3CC3)nn2)CC1. The number of hydrogen-bond acceptors (Lipinski definition) is 7. The van der Waals surface area contributed by atoms with Gasteiger partial charge in [-0.1, -0.05) is 12.1 Å². The van der Waals surface area contributed by atoms with E-state index in [9.17, 15) is 18.5 Å². The fourth-order valence-corrected chi connectivity index (χ4v) is 4.80. The molecule has 9 nitrogen and oxygen atoms in total. The lowest BCUT2D eigenvalue weighted by atomic mass is 10.2. The summed E-state index contributed by atoms with van der Waals surface area (Å²) in [6, 6.07) is 9.34. The van der Waals surface area contributed by atoms with E-state index in [1.54, 1.807) is 0 Å². The topological polar surface area (TPSA) is 110 Å². The fraction of sp³-hybridized carbons (Fsp3) is 0.412. The molecule has 142 valence electrons. The maximum Gasteiger partial charge on any atom is 0.289 e. The molecule has 0 unspecified atom stereocenters. The van der Waals surface area contributed by atoms with Crippen molar-refractivity contribution in [2.75, 3.05) is 31.1 Å². The summed E-state index contributed by atoms with van der Waals surface area (Å²) < 4.78 is 27.0. The van der Waals surface area contributed by atoms with Crippen molar-refractivity contribution in [1.82, 2.24) is 14.5 Å². The molecule has 1 aliphatic carbocycles. The van der Waals surface area contributed by atoms with Crippen LogP contribution in [0.1, 0.15) is 24.5 Å². The Morgan fingerprint density at radius 2 is 1.70 bits per heavy atom. The van der Waals surface area contributed by atoms with Gasteiger partial charge in [0.05, 0.1) is 10.6 Å². The monoisotopic (exact) mass is 389 g/mol. The summed E-state index contributed by atoms with van der Waals surface area (Å²) in [5.74, 6) is 1.26. The quantitative estimate of drug-likeness (QED) is 0.566. The van der Waals surface area contributed by atoms with E-state index in [1.165, 1.54) is 28.6 Å². The molecule has 0 spiro atoms. The summed E-state index contributed by atoms with van der Waals surface area (Å²) in [5.41, 5.74) is 0.609. The molecule has 0 radical (unpaired) electrons. The van der Waals surface area contributed by atoms with Crippen LogP contribution in [-0.4, -0.2) is 54.0 Å². The Hall–Kier alpha value is -2.59. The number of hydrogen-bond donors (Lipinski definition) is 0. The number of aromatic nitrogens is 2. The van der Waals surface area contributed by atoms with Gasteiger partial charge in [-0.25, -0.2) is 8.42 Å². The fourth-order valence-electron chi connectivity index (χ4n) is 3.22. The number of sulfonamides is 1. The summed E-state index contributed by atoms with van der Waals surface area (Å²) in [6.45, 7) is 1.38. The van der Waals surface area contributed by atoms with Gasteiger partial charge in [0.15, 0.2) is 10.7 Å². The van der Waals surface area contributed by atoms with E-state index in [-0.39, 0.29) is 18.0 Å². The lowest BCUT2D eigenvalue weighted by molar-refractivity contribution is -0.387.